The summed E-state index contributed by atoms with van der Waals surface area (Å²) in [7, 11) is 0. The number of anilines is 1. The maximum atomic E-state index is 5.30. The standard InChI is InChI=1S/C28H35N7/c1-27(2,3)22-13-19-18(9-10-30-24(19)33-22)25-32-21-15-29-14-20(17-7-6-8-17)23(21)26(34-25)35-12-11-31-28(4,5)16-35/h9-10,13-15,17,31H,6-8,11-12,16H2,1-5H3,(H,30,33). The second kappa shape index (κ2) is 7.98. The average molecular weight is 470 g/mol. The minimum atomic E-state index is 0.00134. The number of piperazine rings is 1. The van der Waals surface area contributed by atoms with E-state index in [0.29, 0.717) is 5.92 Å². The average Bonchev–Trinajstić information content (AvgIpc) is 3.22. The third-order valence-corrected chi connectivity index (χ3v) is 7.61. The molecule has 35 heavy (non-hydrogen) atoms. The number of aromatic nitrogens is 5. The van der Waals surface area contributed by atoms with Crippen molar-refractivity contribution in [2.24, 2.45) is 0 Å². The molecule has 0 aromatic carbocycles. The fourth-order valence-electron chi connectivity index (χ4n) is 5.41. The van der Waals surface area contributed by atoms with Gasteiger partial charge >= 0.3 is 0 Å². The SMILES string of the molecule is CC1(C)CN(c2nc(-c3ccnc4[nH]c(C(C)(C)C)cc34)nc3cncc(C4CCC4)c23)CCN1. The van der Waals surface area contributed by atoms with Crippen LogP contribution in [0.1, 0.15) is 71.1 Å². The highest BCUT2D eigenvalue weighted by molar-refractivity contribution is 5.97. The molecule has 0 amide bonds. The van der Waals surface area contributed by atoms with Gasteiger partial charge in [0, 0.05) is 65.0 Å². The van der Waals surface area contributed by atoms with E-state index >= 15 is 0 Å². The number of pyridine rings is 2. The molecular formula is C28H35N7. The minimum absolute atomic E-state index is 0.00134. The Morgan fingerprint density at radius 2 is 1.94 bits per heavy atom. The van der Waals surface area contributed by atoms with Crippen molar-refractivity contribution in [2.75, 3.05) is 24.5 Å². The first-order valence-corrected chi connectivity index (χ1v) is 12.8. The molecule has 2 fully saturated rings. The predicted molar refractivity (Wildman–Crippen MR) is 142 cm³/mol. The van der Waals surface area contributed by atoms with E-state index in [2.05, 4.69) is 72.1 Å². The lowest BCUT2D eigenvalue weighted by molar-refractivity contribution is 0.352. The van der Waals surface area contributed by atoms with Crippen molar-refractivity contribution in [3.8, 4) is 11.4 Å². The van der Waals surface area contributed by atoms with Gasteiger partial charge in [0.05, 0.1) is 11.7 Å². The third-order valence-electron chi connectivity index (χ3n) is 7.61. The van der Waals surface area contributed by atoms with Crippen LogP contribution in [-0.2, 0) is 5.41 Å². The molecule has 4 aromatic rings. The van der Waals surface area contributed by atoms with Crippen molar-refractivity contribution in [3.05, 3.63) is 42.0 Å². The van der Waals surface area contributed by atoms with Crippen molar-refractivity contribution >= 4 is 27.8 Å². The van der Waals surface area contributed by atoms with Crippen LogP contribution in [0.3, 0.4) is 0 Å². The largest absolute Gasteiger partial charge is 0.353 e. The number of fused-ring (bicyclic) bond motifs is 2. The number of rotatable bonds is 3. The Bertz CT molecular complexity index is 1410. The summed E-state index contributed by atoms with van der Waals surface area (Å²) < 4.78 is 0. The summed E-state index contributed by atoms with van der Waals surface area (Å²) in [6, 6.07) is 4.25. The van der Waals surface area contributed by atoms with Crippen LogP contribution >= 0.6 is 0 Å². The number of nitrogens with one attached hydrogen (secondary N) is 2. The van der Waals surface area contributed by atoms with Gasteiger partial charge in [0.1, 0.15) is 11.5 Å². The van der Waals surface area contributed by atoms with Crippen molar-refractivity contribution in [1.82, 2.24) is 30.2 Å². The first-order chi connectivity index (χ1) is 16.7. The van der Waals surface area contributed by atoms with Crippen LogP contribution < -0.4 is 10.2 Å². The number of hydrogen-bond donors (Lipinski definition) is 2. The van der Waals surface area contributed by atoms with Crippen LogP contribution in [0.4, 0.5) is 5.82 Å². The number of nitrogens with zero attached hydrogens (tertiary/aromatic N) is 5. The molecule has 0 bridgehead atoms. The summed E-state index contributed by atoms with van der Waals surface area (Å²) in [5.41, 5.74) is 5.31. The minimum Gasteiger partial charge on any atom is -0.353 e. The molecule has 2 N–H and O–H groups in total. The molecule has 1 aliphatic heterocycles. The van der Waals surface area contributed by atoms with Crippen LogP contribution in [0.25, 0.3) is 33.3 Å². The summed E-state index contributed by atoms with van der Waals surface area (Å²) in [6.45, 7) is 13.9. The molecule has 5 heterocycles. The zero-order valence-corrected chi connectivity index (χ0v) is 21.4. The molecule has 7 heteroatoms. The number of H-pyrrole nitrogens is 1. The van der Waals surface area contributed by atoms with E-state index in [1.165, 1.54) is 30.2 Å². The Hall–Kier alpha value is -3.06. The maximum absolute atomic E-state index is 5.30. The van der Waals surface area contributed by atoms with Gasteiger partial charge in [-0.15, -0.1) is 0 Å². The van der Waals surface area contributed by atoms with Crippen LogP contribution in [0.5, 0.6) is 0 Å². The fraction of sp³-hybridized carbons (Fsp3) is 0.500. The highest BCUT2D eigenvalue weighted by Gasteiger charge is 2.31. The quantitative estimate of drug-likeness (QED) is 0.422. The first-order valence-electron chi connectivity index (χ1n) is 12.8. The van der Waals surface area contributed by atoms with Gasteiger partial charge in [-0.1, -0.05) is 27.2 Å². The Balaban J connectivity index is 1.58. The Labute approximate surface area is 206 Å². The molecule has 0 spiro atoms. The molecular weight excluding hydrogens is 434 g/mol. The second-order valence-corrected chi connectivity index (χ2v) is 11.9. The molecule has 2 aliphatic rings. The van der Waals surface area contributed by atoms with Gasteiger partial charge in [-0.2, -0.15) is 0 Å². The summed E-state index contributed by atoms with van der Waals surface area (Å²) in [5.74, 6) is 2.34. The van der Waals surface area contributed by atoms with Crippen LogP contribution in [0.2, 0.25) is 0 Å². The number of aromatic amines is 1. The summed E-state index contributed by atoms with van der Waals surface area (Å²) in [4.78, 5) is 25.6. The monoisotopic (exact) mass is 469 g/mol. The Morgan fingerprint density at radius 1 is 1.11 bits per heavy atom. The number of hydrogen-bond acceptors (Lipinski definition) is 6. The second-order valence-electron chi connectivity index (χ2n) is 11.9. The molecule has 1 aliphatic carbocycles. The zero-order chi connectivity index (χ0) is 24.4. The molecule has 7 nitrogen and oxygen atoms in total. The lowest BCUT2D eigenvalue weighted by Crippen LogP contribution is -2.57. The van der Waals surface area contributed by atoms with E-state index in [1.807, 2.05) is 18.5 Å². The van der Waals surface area contributed by atoms with Crippen LogP contribution in [0.15, 0.2) is 30.7 Å². The third kappa shape index (κ3) is 3.96. The van der Waals surface area contributed by atoms with Crippen molar-refractivity contribution < 1.29 is 0 Å². The highest BCUT2D eigenvalue weighted by Crippen LogP contribution is 2.42. The van der Waals surface area contributed by atoms with E-state index in [4.69, 9.17) is 9.97 Å². The van der Waals surface area contributed by atoms with E-state index in [-0.39, 0.29) is 11.0 Å². The van der Waals surface area contributed by atoms with E-state index in [1.54, 1.807) is 0 Å². The maximum Gasteiger partial charge on any atom is 0.163 e. The van der Waals surface area contributed by atoms with Gasteiger partial charge in [0.25, 0.3) is 0 Å². The highest BCUT2D eigenvalue weighted by atomic mass is 15.3. The van der Waals surface area contributed by atoms with E-state index in [9.17, 15) is 0 Å². The van der Waals surface area contributed by atoms with Crippen LogP contribution in [0, 0.1) is 0 Å². The molecule has 4 aromatic heterocycles. The smallest absolute Gasteiger partial charge is 0.163 e. The van der Waals surface area contributed by atoms with Gasteiger partial charge in [-0.05, 0) is 50.3 Å². The van der Waals surface area contributed by atoms with Gasteiger partial charge in [0.2, 0.25) is 0 Å². The van der Waals surface area contributed by atoms with Gasteiger partial charge in [-0.25, -0.2) is 15.0 Å². The Morgan fingerprint density at radius 3 is 2.66 bits per heavy atom. The molecule has 1 saturated carbocycles. The molecule has 0 atom stereocenters. The normalized spacial score (nSPS) is 18.8. The fourth-order valence-corrected chi connectivity index (χ4v) is 5.41. The van der Waals surface area contributed by atoms with Crippen molar-refractivity contribution in [3.63, 3.8) is 0 Å². The van der Waals surface area contributed by atoms with Crippen molar-refractivity contribution in [1.29, 1.82) is 0 Å². The molecule has 1 saturated heterocycles. The Kier molecular flexibility index (Phi) is 5.11. The van der Waals surface area contributed by atoms with E-state index < -0.39 is 0 Å². The molecule has 0 radical (unpaired) electrons. The lowest BCUT2D eigenvalue weighted by Gasteiger charge is -2.40. The summed E-state index contributed by atoms with van der Waals surface area (Å²) >= 11 is 0. The molecule has 182 valence electrons. The lowest BCUT2D eigenvalue weighted by atomic mass is 9.79. The summed E-state index contributed by atoms with van der Waals surface area (Å²) in [6.07, 6.45) is 9.55. The van der Waals surface area contributed by atoms with Gasteiger partial charge in [-0.3, -0.25) is 4.98 Å². The predicted octanol–water partition coefficient (Wildman–Crippen LogP) is 5.32. The van der Waals surface area contributed by atoms with E-state index in [0.717, 1.165) is 59.1 Å². The molecule has 0 unspecified atom stereocenters. The van der Waals surface area contributed by atoms with Gasteiger partial charge in [0.15, 0.2) is 5.82 Å². The summed E-state index contributed by atoms with van der Waals surface area (Å²) in [5, 5.41) is 5.89. The first kappa shape index (κ1) is 22.4. The van der Waals surface area contributed by atoms with Crippen LogP contribution in [-0.4, -0.2) is 50.1 Å². The zero-order valence-electron chi connectivity index (χ0n) is 21.4. The molecule has 6 rings (SSSR count). The van der Waals surface area contributed by atoms with Crippen molar-refractivity contribution in [2.45, 2.75) is 70.8 Å². The van der Waals surface area contributed by atoms with Gasteiger partial charge < -0.3 is 15.2 Å². The topological polar surface area (TPSA) is 82.6 Å².